The standard InChI is InChI=1S/C29H29N3O7S/c1-3-38-29(36)24-22-10-5-4-6-11-23(22)40-27(24)31-25(33)26(34)32-30-17-18-8-7-9-21(16-18)39-28(35)19-12-14-20(37-2)15-13-19/h7-9,12-17H,3-6,10-11H2,1-2H3,(H,31,33)(H,32,34)/b30-17+. The molecular weight excluding hydrogens is 534 g/mol. The SMILES string of the molecule is CCOC(=O)c1c(NC(=O)C(=O)N/N=C/c2cccc(OC(=O)c3ccc(OC)cc3)c2)sc2c1CCCCC2. The van der Waals surface area contributed by atoms with Gasteiger partial charge in [-0.2, -0.15) is 5.10 Å². The fourth-order valence-corrected chi connectivity index (χ4v) is 5.45. The fraction of sp³-hybridized carbons (Fsp3) is 0.276. The van der Waals surface area contributed by atoms with Crippen LogP contribution in [0.3, 0.4) is 0 Å². The molecular formula is C29H29N3O7S. The molecule has 208 valence electrons. The third kappa shape index (κ3) is 7.11. The van der Waals surface area contributed by atoms with E-state index in [4.69, 9.17) is 14.2 Å². The predicted molar refractivity (Wildman–Crippen MR) is 150 cm³/mol. The lowest BCUT2D eigenvalue weighted by molar-refractivity contribution is -0.136. The van der Waals surface area contributed by atoms with Crippen molar-refractivity contribution >= 4 is 46.3 Å². The average Bonchev–Trinajstić information content (AvgIpc) is 3.13. The molecule has 0 saturated carbocycles. The number of methoxy groups -OCH3 is 1. The first-order valence-electron chi connectivity index (χ1n) is 12.8. The van der Waals surface area contributed by atoms with E-state index in [1.807, 2.05) is 0 Å². The number of hydrazone groups is 1. The molecule has 0 atom stereocenters. The summed E-state index contributed by atoms with van der Waals surface area (Å²) < 4.78 is 15.7. The number of esters is 2. The van der Waals surface area contributed by atoms with Gasteiger partial charge in [-0.25, -0.2) is 15.0 Å². The number of ether oxygens (including phenoxy) is 3. The smallest absolute Gasteiger partial charge is 0.343 e. The Morgan fingerprint density at radius 1 is 0.950 bits per heavy atom. The van der Waals surface area contributed by atoms with E-state index in [0.717, 1.165) is 42.5 Å². The summed E-state index contributed by atoms with van der Waals surface area (Å²) in [5.41, 5.74) is 4.27. The summed E-state index contributed by atoms with van der Waals surface area (Å²) in [6, 6.07) is 13.0. The van der Waals surface area contributed by atoms with Crippen molar-refractivity contribution in [2.45, 2.75) is 39.0 Å². The van der Waals surface area contributed by atoms with Crippen LogP contribution in [0, 0.1) is 0 Å². The summed E-state index contributed by atoms with van der Waals surface area (Å²) in [7, 11) is 1.54. The first-order chi connectivity index (χ1) is 19.4. The summed E-state index contributed by atoms with van der Waals surface area (Å²) in [6.07, 6.45) is 5.86. The Kier molecular flexibility index (Phi) is 9.63. The van der Waals surface area contributed by atoms with Crippen LogP contribution in [0.15, 0.2) is 53.6 Å². The van der Waals surface area contributed by atoms with Gasteiger partial charge in [0.25, 0.3) is 0 Å². The number of nitrogens with one attached hydrogen (secondary N) is 2. The minimum atomic E-state index is -1.00. The van der Waals surface area contributed by atoms with Crippen molar-refractivity contribution in [2.75, 3.05) is 19.0 Å². The number of hydrogen-bond donors (Lipinski definition) is 2. The monoisotopic (exact) mass is 563 g/mol. The molecule has 10 nitrogen and oxygen atoms in total. The van der Waals surface area contributed by atoms with Crippen LogP contribution in [0.1, 0.15) is 62.9 Å². The third-order valence-electron chi connectivity index (χ3n) is 6.11. The highest BCUT2D eigenvalue weighted by Gasteiger charge is 2.27. The minimum Gasteiger partial charge on any atom is -0.497 e. The van der Waals surface area contributed by atoms with Gasteiger partial charge in [-0.05, 0) is 80.1 Å². The van der Waals surface area contributed by atoms with Crippen LogP contribution in [0.4, 0.5) is 5.00 Å². The lowest BCUT2D eigenvalue weighted by Crippen LogP contribution is -2.32. The fourth-order valence-electron chi connectivity index (χ4n) is 4.18. The highest BCUT2D eigenvalue weighted by atomic mass is 32.1. The van der Waals surface area contributed by atoms with Gasteiger partial charge in [-0.3, -0.25) is 9.59 Å². The van der Waals surface area contributed by atoms with Gasteiger partial charge in [0, 0.05) is 4.88 Å². The highest BCUT2D eigenvalue weighted by Crippen LogP contribution is 2.38. The van der Waals surface area contributed by atoms with Crippen LogP contribution < -0.4 is 20.2 Å². The maximum Gasteiger partial charge on any atom is 0.343 e. The molecule has 0 saturated heterocycles. The van der Waals surface area contributed by atoms with Crippen molar-refractivity contribution in [1.29, 1.82) is 0 Å². The molecule has 0 bridgehead atoms. The second kappa shape index (κ2) is 13.5. The predicted octanol–water partition coefficient (Wildman–Crippen LogP) is 4.51. The Balaban J connectivity index is 1.37. The molecule has 0 radical (unpaired) electrons. The van der Waals surface area contributed by atoms with E-state index in [9.17, 15) is 19.2 Å². The van der Waals surface area contributed by atoms with Crippen LogP contribution in [-0.2, 0) is 27.2 Å². The first kappa shape index (κ1) is 28.5. The van der Waals surface area contributed by atoms with Crippen LogP contribution in [0.25, 0.3) is 0 Å². The summed E-state index contributed by atoms with van der Waals surface area (Å²) in [4.78, 5) is 51.1. The van der Waals surface area contributed by atoms with Crippen molar-refractivity contribution in [1.82, 2.24) is 5.43 Å². The number of nitrogens with zero attached hydrogens (tertiary/aromatic N) is 1. The molecule has 3 aromatic rings. The van der Waals surface area contributed by atoms with Crippen molar-refractivity contribution in [3.8, 4) is 11.5 Å². The molecule has 2 aromatic carbocycles. The Labute approximate surface area is 235 Å². The van der Waals surface area contributed by atoms with E-state index >= 15 is 0 Å². The summed E-state index contributed by atoms with van der Waals surface area (Å²) in [6.45, 7) is 1.92. The van der Waals surface area contributed by atoms with Crippen molar-refractivity contribution in [3.05, 3.63) is 75.7 Å². The molecule has 1 aromatic heterocycles. The van der Waals surface area contributed by atoms with E-state index < -0.39 is 23.8 Å². The van der Waals surface area contributed by atoms with Crippen LogP contribution >= 0.6 is 11.3 Å². The first-order valence-corrected chi connectivity index (χ1v) is 13.6. The van der Waals surface area contributed by atoms with Gasteiger partial charge in [0.15, 0.2) is 0 Å². The molecule has 2 amide bonds. The number of benzene rings is 2. The average molecular weight is 564 g/mol. The van der Waals surface area contributed by atoms with Gasteiger partial charge in [-0.15, -0.1) is 11.3 Å². The molecule has 4 rings (SSSR count). The minimum absolute atomic E-state index is 0.202. The molecule has 1 aliphatic carbocycles. The van der Waals surface area contributed by atoms with E-state index in [-0.39, 0.29) is 12.4 Å². The van der Waals surface area contributed by atoms with Crippen LogP contribution in [-0.4, -0.2) is 43.7 Å². The number of amides is 2. The Bertz CT molecular complexity index is 1430. The number of rotatable bonds is 8. The maximum absolute atomic E-state index is 12.7. The van der Waals surface area contributed by atoms with Crippen LogP contribution in [0.2, 0.25) is 0 Å². The Morgan fingerprint density at radius 3 is 2.48 bits per heavy atom. The second-order valence-electron chi connectivity index (χ2n) is 8.83. The maximum atomic E-state index is 12.7. The van der Waals surface area contributed by atoms with Crippen molar-refractivity contribution in [2.24, 2.45) is 5.10 Å². The molecule has 1 heterocycles. The van der Waals surface area contributed by atoms with Gasteiger partial charge in [0.1, 0.15) is 16.5 Å². The molecule has 0 aliphatic heterocycles. The van der Waals surface area contributed by atoms with Crippen molar-refractivity contribution in [3.63, 3.8) is 0 Å². The number of thiophene rings is 1. The normalized spacial score (nSPS) is 12.7. The molecule has 0 spiro atoms. The quantitative estimate of drug-likeness (QED) is 0.103. The van der Waals surface area contributed by atoms with Gasteiger partial charge >= 0.3 is 23.8 Å². The molecule has 0 fully saturated rings. The molecule has 40 heavy (non-hydrogen) atoms. The summed E-state index contributed by atoms with van der Waals surface area (Å²) in [5, 5.41) is 6.70. The number of hydrogen-bond acceptors (Lipinski definition) is 9. The largest absolute Gasteiger partial charge is 0.497 e. The van der Waals surface area contributed by atoms with Gasteiger partial charge in [0.2, 0.25) is 0 Å². The summed E-state index contributed by atoms with van der Waals surface area (Å²) >= 11 is 1.30. The number of fused-ring (bicyclic) bond motifs is 1. The number of carbonyl (C=O) groups is 4. The van der Waals surface area contributed by atoms with E-state index in [1.165, 1.54) is 24.7 Å². The van der Waals surface area contributed by atoms with E-state index in [1.54, 1.807) is 55.5 Å². The van der Waals surface area contributed by atoms with E-state index in [0.29, 0.717) is 27.4 Å². The lowest BCUT2D eigenvalue weighted by Gasteiger charge is -2.08. The Hall–Kier alpha value is -4.51. The number of aryl methyl sites for hydroxylation is 1. The third-order valence-corrected chi connectivity index (χ3v) is 7.32. The molecule has 2 N–H and O–H groups in total. The zero-order valence-corrected chi connectivity index (χ0v) is 23.0. The summed E-state index contributed by atoms with van der Waals surface area (Å²) in [5.74, 6) is -2.12. The van der Waals surface area contributed by atoms with E-state index in [2.05, 4.69) is 15.8 Å². The van der Waals surface area contributed by atoms with Gasteiger partial charge < -0.3 is 19.5 Å². The number of carbonyl (C=O) groups excluding carboxylic acids is 4. The highest BCUT2D eigenvalue weighted by molar-refractivity contribution is 7.17. The second-order valence-corrected chi connectivity index (χ2v) is 9.94. The zero-order valence-electron chi connectivity index (χ0n) is 22.2. The van der Waals surface area contributed by atoms with Crippen molar-refractivity contribution < 1.29 is 33.4 Å². The molecule has 0 unspecified atom stereocenters. The molecule has 1 aliphatic rings. The van der Waals surface area contributed by atoms with Crippen LogP contribution in [0.5, 0.6) is 11.5 Å². The molecule has 11 heteroatoms. The lowest BCUT2D eigenvalue weighted by atomic mass is 10.1. The van der Waals surface area contributed by atoms with Gasteiger partial charge in [-0.1, -0.05) is 18.6 Å². The van der Waals surface area contributed by atoms with Gasteiger partial charge in [0.05, 0.1) is 31.1 Å². The zero-order chi connectivity index (χ0) is 28.5. The Morgan fingerprint density at radius 2 is 1.73 bits per heavy atom. The topological polar surface area (TPSA) is 132 Å². The number of anilines is 1.